The Morgan fingerprint density at radius 1 is 1.00 bits per heavy atom. The van der Waals surface area contributed by atoms with E-state index in [1.54, 1.807) is 36.4 Å². The first-order valence-corrected chi connectivity index (χ1v) is 11.4. The molecule has 2 heterocycles. The Balaban J connectivity index is 1.83. The molecular weight excluding hydrogens is 412 g/mol. The van der Waals surface area contributed by atoms with Crippen LogP contribution in [0.5, 0.6) is 0 Å². The summed E-state index contributed by atoms with van der Waals surface area (Å²) >= 11 is 0. The van der Waals surface area contributed by atoms with Gasteiger partial charge in [0, 0.05) is 29.6 Å². The van der Waals surface area contributed by atoms with Crippen molar-refractivity contribution >= 4 is 38.2 Å². The normalized spacial score (nSPS) is 11.4. The Morgan fingerprint density at radius 3 is 2.45 bits per heavy atom. The van der Waals surface area contributed by atoms with E-state index >= 15 is 0 Å². The maximum atomic E-state index is 13.4. The van der Waals surface area contributed by atoms with Gasteiger partial charge in [0.25, 0.3) is 5.91 Å². The number of fused-ring (bicyclic) bond motifs is 1. The first kappa shape index (κ1) is 20.5. The van der Waals surface area contributed by atoms with Crippen LogP contribution in [0.3, 0.4) is 0 Å². The van der Waals surface area contributed by atoms with E-state index in [2.05, 4.69) is 9.97 Å². The van der Waals surface area contributed by atoms with Gasteiger partial charge >= 0.3 is 0 Å². The molecule has 0 fully saturated rings. The molecule has 2 aromatic heterocycles. The van der Waals surface area contributed by atoms with Gasteiger partial charge in [0.2, 0.25) is 0 Å². The molecule has 2 N–H and O–H groups in total. The highest BCUT2D eigenvalue weighted by Crippen LogP contribution is 2.28. The zero-order valence-electron chi connectivity index (χ0n) is 16.8. The van der Waals surface area contributed by atoms with Gasteiger partial charge in [0.05, 0.1) is 22.6 Å². The lowest BCUT2D eigenvalue weighted by atomic mass is 10.1. The molecule has 0 saturated heterocycles. The molecule has 0 bridgehead atoms. The molecule has 4 rings (SSSR count). The molecule has 0 atom stereocenters. The van der Waals surface area contributed by atoms with Gasteiger partial charge in [-0.15, -0.1) is 0 Å². The summed E-state index contributed by atoms with van der Waals surface area (Å²) in [5, 5.41) is 0.918. The van der Waals surface area contributed by atoms with Gasteiger partial charge in [0.15, 0.2) is 9.84 Å². The number of hydrogen-bond acceptors (Lipinski definition) is 6. The molecule has 7 nitrogen and oxygen atoms in total. The van der Waals surface area contributed by atoms with Gasteiger partial charge in [-0.3, -0.25) is 9.78 Å². The number of benzene rings is 2. The molecule has 156 valence electrons. The second-order valence-electron chi connectivity index (χ2n) is 7.13. The van der Waals surface area contributed by atoms with Crippen molar-refractivity contribution in [2.75, 3.05) is 16.9 Å². The van der Waals surface area contributed by atoms with E-state index in [0.29, 0.717) is 22.6 Å². The molecule has 0 aliphatic heterocycles. The van der Waals surface area contributed by atoms with Gasteiger partial charge in [-0.05, 0) is 48.0 Å². The largest absolute Gasteiger partial charge is 0.384 e. The van der Waals surface area contributed by atoms with Gasteiger partial charge < -0.3 is 10.6 Å². The number of carbonyl (C=O) groups is 1. The summed E-state index contributed by atoms with van der Waals surface area (Å²) < 4.78 is 24.8. The Morgan fingerprint density at radius 2 is 1.71 bits per heavy atom. The number of pyridine rings is 2. The summed E-state index contributed by atoms with van der Waals surface area (Å²) in [4.78, 5) is 23.3. The van der Waals surface area contributed by atoms with E-state index in [0.717, 1.165) is 17.2 Å². The number of anilines is 2. The van der Waals surface area contributed by atoms with Crippen LogP contribution in [0.4, 0.5) is 11.5 Å². The molecule has 0 spiro atoms. The molecular formula is C23H20N4O3S. The summed E-state index contributed by atoms with van der Waals surface area (Å²) in [6.45, 7) is 0.153. The lowest BCUT2D eigenvalue weighted by Crippen LogP contribution is -2.31. The average molecular weight is 433 g/mol. The molecule has 0 aliphatic carbocycles. The SMILES string of the molecule is CS(=O)(=O)c1ccccc1N(Cc1ccc2ccc(N)nc2c1)C(=O)c1ccncc1. The van der Waals surface area contributed by atoms with Crippen molar-refractivity contribution in [1.82, 2.24) is 9.97 Å². The van der Waals surface area contributed by atoms with Crippen molar-refractivity contribution in [3.63, 3.8) is 0 Å². The number of rotatable bonds is 5. The third kappa shape index (κ3) is 4.39. The average Bonchev–Trinajstić information content (AvgIpc) is 2.77. The van der Waals surface area contributed by atoms with Gasteiger partial charge in [-0.2, -0.15) is 0 Å². The summed E-state index contributed by atoms with van der Waals surface area (Å²) in [5.74, 6) is 0.0657. The fourth-order valence-corrected chi connectivity index (χ4v) is 4.25. The fraction of sp³-hybridized carbons (Fsp3) is 0.0870. The Labute approximate surface area is 180 Å². The van der Waals surface area contributed by atoms with Crippen molar-refractivity contribution in [1.29, 1.82) is 0 Å². The number of hydrogen-bond donors (Lipinski definition) is 1. The van der Waals surface area contributed by atoms with Crippen LogP contribution < -0.4 is 10.6 Å². The Kier molecular flexibility index (Phi) is 5.39. The number of nitrogens with zero attached hydrogens (tertiary/aromatic N) is 3. The number of nitrogen functional groups attached to an aromatic ring is 1. The predicted octanol–water partition coefficient (Wildman–Crippen LogP) is 3.46. The standard InChI is InChI=1S/C23H20N4O3S/c1-31(29,30)21-5-3-2-4-20(21)27(23(28)18-10-12-25-13-11-18)15-16-6-7-17-8-9-22(24)26-19(17)14-16/h2-14H,15H2,1H3,(H2,24,26). The smallest absolute Gasteiger partial charge is 0.258 e. The first-order chi connectivity index (χ1) is 14.8. The maximum Gasteiger partial charge on any atom is 0.258 e. The minimum absolute atomic E-state index is 0.0839. The zero-order chi connectivity index (χ0) is 22.0. The number of amides is 1. The van der Waals surface area contributed by atoms with Crippen LogP contribution >= 0.6 is 0 Å². The van der Waals surface area contributed by atoms with Crippen molar-refractivity contribution < 1.29 is 13.2 Å². The van der Waals surface area contributed by atoms with Crippen molar-refractivity contribution in [3.05, 3.63) is 90.3 Å². The van der Waals surface area contributed by atoms with E-state index in [1.165, 1.54) is 23.4 Å². The zero-order valence-corrected chi connectivity index (χ0v) is 17.6. The third-order valence-corrected chi connectivity index (χ3v) is 5.99. The minimum atomic E-state index is -3.56. The van der Waals surface area contributed by atoms with Crippen LogP contribution in [0.2, 0.25) is 0 Å². The molecule has 0 radical (unpaired) electrons. The summed E-state index contributed by atoms with van der Waals surface area (Å²) in [6.07, 6.45) is 4.18. The highest BCUT2D eigenvalue weighted by atomic mass is 32.2. The Hall–Kier alpha value is -3.78. The van der Waals surface area contributed by atoms with Crippen LogP contribution in [-0.4, -0.2) is 30.5 Å². The number of nitrogens with two attached hydrogens (primary N) is 1. The minimum Gasteiger partial charge on any atom is -0.384 e. The third-order valence-electron chi connectivity index (χ3n) is 4.85. The lowest BCUT2D eigenvalue weighted by Gasteiger charge is -2.25. The van der Waals surface area contributed by atoms with E-state index in [9.17, 15) is 13.2 Å². The fourth-order valence-electron chi connectivity index (χ4n) is 3.37. The van der Waals surface area contributed by atoms with Crippen molar-refractivity contribution in [2.45, 2.75) is 11.4 Å². The second kappa shape index (κ2) is 8.16. The van der Waals surface area contributed by atoms with Crippen molar-refractivity contribution in [2.24, 2.45) is 0 Å². The first-order valence-electron chi connectivity index (χ1n) is 9.49. The molecule has 0 unspecified atom stereocenters. The monoisotopic (exact) mass is 432 g/mol. The van der Waals surface area contributed by atoms with Crippen molar-refractivity contribution in [3.8, 4) is 0 Å². The number of sulfone groups is 1. The highest BCUT2D eigenvalue weighted by Gasteiger charge is 2.24. The van der Waals surface area contributed by atoms with Crippen LogP contribution in [0.25, 0.3) is 10.9 Å². The molecule has 4 aromatic rings. The summed E-state index contributed by atoms with van der Waals surface area (Å²) in [7, 11) is -3.56. The van der Waals surface area contributed by atoms with E-state index in [4.69, 9.17) is 5.73 Å². The molecule has 8 heteroatoms. The molecule has 0 saturated carbocycles. The molecule has 2 aromatic carbocycles. The van der Waals surface area contributed by atoms with Gasteiger partial charge in [-0.25, -0.2) is 13.4 Å². The van der Waals surface area contributed by atoms with Crippen LogP contribution in [0.1, 0.15) is 15.9 Å². The van der Waals surface area contributed by atoms with E-state index in [1.807, 2.05) is 24.3 Å². The highest BCUT2D eigenvalue weighted by molar-refractivity contribution is 7.90. The molecule has 31 heavy (non-hydrogen) atoms. The van der Waals surface area contributed by atoms with Crippen LogP contribution in [0.15, 0.2) is 84.0 Å². The van der Waals surface area contributed by atoms with E-state index < -0.39 is 9.84 Å². The van der Waals surface area contributed by atoms with Crippen LogP contribution in [-0.2, 0) is 16.4 Å². The van der Waals surface area contributed by atoms with Crippen LogP contribution in [0, 0.1) is 0 Å². The summed E-state index contributed by atoms with van der Waals surface area (Å²) in [5.41, 5.74) is 8.01. The van der Waals surface area contributed by atoms with Gasteiger partial charge in [-0.1, -0.05) is 24.3 Å². The molecule has 0 aliphatic rings. The topological polar surface area (TPSA) is 106 Å². The maximum absolute atomic E-state index is 13.4. The lowest BCUT2D eigenvalue weighted by molar-refractivity contribution is 0.0984. The Bertz CT molecular complexity index is 1370. The van der Waals surface area contributed by atoms with Gasteiger partial charge in [0.1, 0.15) is 5.82 Å². The quantitative estimate of drug-likeness (QED) is 0.518. The second-order valence-corrected chi connectivity index (χ2v) is 9.11. The summed E-state index contributed by atoms with van der Waals surface area (Å²) in [6, 6.07) is 18.9. The number of aromatic nitrogens is 2. The number of para-hydroxylation sites is 1. The predicted molar refractivity (Wildman–Crippen MR) is 120 cm³/mol. The number of carbonyl (C=O) groups excluding carboxylic acids is 1. The molecule has 1 amide bonds. The van der Waals surface area contributed by atoms with E-state index in [-0.39, 0.29) is 17.3 Å².